The average molecular weight is 240 g/mol. The third-order valence-corrected chi connectivity index (χ3v) is 4.12. The molecule has 2 heteroatoms. The molecule has 0 atom stereocenters. The minimum absolute atomic E-state index is 0.400. The van der Waals surface area contributed by atoms with Crippen LogP contribution in [0.25, 0.3) is 0 Å². The van der Waals surface area contributed by atoms with Gasteiger partial charge in [0.05, 0.1) is 0 Å². The summed E-state index contributed by atoms with van der Waals surface area (Å²) in [4.78, 5) is 2.48. The second kappa shape index (κ2) is 6.19. The van der Waals surface area contributed by atoms with Crippen LogP contribution in [-0.4, -0.2) is 31.6 Å². The topological polar surface area (TPSA) is 29.3 Å². The molecule has 0 amide bonds. The normalized spacial score (nSPS) is 20.8. The Kier molecular flexibility index (Phi) is 5.46. The number of hydrogen-bond donors (Lipinski definition) is 1. The Labute approximate surface area is 108 Å². The van der Waals surface area contributed by atoms with E-state index in [2.05, 4.69) is 32.7 Å². The van der Waals surface area contributed by atoms with Gasteiger partial charge in [0, 0.05) is 6.54 Å². The zero-order valence-corrected chi connectivity index (χ0v) is 12.4. The molecular weight excluding hydrogens is 208 g/mol. The van der Waals surface area contributed by atoms with E-state index < -0.39 is 0 Å². The van der Waals surface area contributed by atoms with Gasteiger partial charge in [-0.15, -0.1) is 0 Å². The van der Waals surface area contributed by atoms with Gasteiger partial charge in [0.25, 0.3) is 0 Å². The highest BCUT2D eigenvalue weighted by atomic mass is 15.1. The highest BCUT2D eigenvalue weighted by Crippen LogP contribution is 2.38. The molecule has 1 rings (SSSR count). The van der Waals surface area contributed by atoms with E-state index in [9.17, 15) is 0 Å². The molecule has 1 saturated carbocycles. The first-order chi connectivity index (χ1) is 7.87. The van der Waals surface area contributed by atoms with Crippen molar-refractivity contribution < 1.29 is 0 Å². The van der Waals surface area contributed by atoms with Gasteiger partial charge in [-0.3, -0.25) is 0 Å². The van der Waals surface area contributed by atoms with E-state index in [1.54, 1.807) is 0 Å². The summed E-state index contributed by atoms with van der Waals surface area (Å²) in [7, 11) is 2.25. The lowest BCUT2D eigenvalue weighted by Gasteiger charge is -2.38. The summed E-state index contributed by atoms with van der Waals surface area (Å²) in [6.45, 7) is 10.2. The van der Waals surface area contributed by atoms with Crippen molar-refractivity contribution in [3.05, 3.63) is 0 Å². The second-order valence-electron chi connectivity index (χ2n) is 7.31. The predicted molar refractivity (Wildman–Crippen MR) is 76.1 cm³/mol. The lowest BCUT2D eigenvalue weighted by atomic mass is 9.72. The summed E-state index contributed by atoms with van der Waals surface area (Å²) < 4.78 is 0. The Morgan fingerprint density at radius 2 is 1.71 bits per heavy atom. The van der Waals surface area contributed by atoms with Crippen LogP contribution in [-0.2, 0) is 0 Å². The lowest BCUT2D eigenvalue weighted by molar-refractivity contribution is 0.141. The van der Waals surface area contributed by atoms with Crippen LogP contribution >= 0.6 is 0 Å². The van der Waals surface area contributed by atoms with Gasteiger partial charge < -0.3 is 10.6 Å². The maximum absolute atomic E-state index is 6.03. The van der Waals surface area contributed by atoms with E-state index in [1.165, 1.54) is 51.6 Å². The minimum Gasteiger partial charge on any atom is -0.330 e. The summed E-state index contributed by atoms with van der Waals surface area (Å²) in [6.07, 6.45) is 8.19. The number of hydrogen-bond acceptors (Lipinski definition) is 2. The molecule has 0 aromatic heterocycles. The van der Waals surface area contributed by atoms with Crippen molar-refractivity contribution in [2.24, 2.45) is 16.6 Å². The fraction of sp³-hybridized carbons (Fsp3) is 1.00. The summed E-state index contributed by atoms with van der Waals surface area (Å²) >= 11 is 0. The van der Waals surface area contributed by atoms with Crippen molar-refractivity contribution in [2.75, 3.05) is 26.7 Å². The van der Waals surface area contributed by atoms with Gasteiger partial charge in [-0.2, -0.15) is 0 Å². The Balaban J connectivity index is 2.36. The second-order valence-corrected chi connectivity index (χ2v) is 7.31. The summed E-state index contributed by atoms with van der Waals surface area (Å²) in [5, 5.41) is 0. The Morgan fingerprint density at radius 1 is 1.12 bits per heavy atom. The van der Waals surface area contributed by atoms with E-state index in [0.29, 0.717) is 10.8 Å². The van der Waals surface area contributed by atoms with Crippen molar-refractivity contribution in [2.45, 2.75) is 59.3 Å². The zero-order valence-electron chi connectivity index (χ0n) is 12.4. The molecule has 2 nitrogen and oxygen atoms in total. The van der Waals surface area contributed by atoms with Crippen LogP contribution in [0.5, 0.6) is 0 Å². The quantitative estimate of drug-likeness (QED) is 0.799. The highest BCUT2D eigenvalue weighted by molar-refractivity contribution is 4.84. The molecule has 102 valence electrons. The molecule has 0 aromatic carbocycles. The maximum Gasteiger partial charge on any atom is 0.00270 e. The molecule has 0 bridgehead atoms. The molecule has 0 aliphatic heterocycles. The zero-order chi connectivity index (χ0) is 12.9. The lowest BCUT2D eigenvalue weighted by Crippen LogP contribution is -2.38. The summed E-state index contributed by atoms with van der Waals surface area (Å²) in [5.41, 5.74) is 6.90. The van der Waals surface area contributed by atoms with E-state index in [4.69, 9.17) is 5.73 Å². The molecule has 0 radical (unpaired) electrons. The van der Waals surface area contributed by atoms with Crippen molar-refractivity contribution in [1.82, 2.24) is 4.90 Å². The first-order valence-electron chi connectivity index (χ1n) is 7.26. The Hall–Kier alpha value is -0.0800. The molecule has 2 N–H and O–H groups in total. The van der Waals surface area contributed by atoms with Gasteiger partial charge in [-0.1, -0.05) is 40.0 Å². The predicted octanol–water partition coefficient (Wildman–Crippen LogP) is 3.26. The van der Waals surface area contributed by atoms with Gasteiger partial charge in [0.15, 0.2) is 0 Å². The third-order valence-electron chi connectivity index (χ3n) is 4.12. The third kappa shape index (κ3) is 5.39. The van der Waals surface area contributed by atoms with Crippen LogP contribution in [0.1, 0.15) is 59.3 Å². The molecule has 1 aliphatic carbocycles. The van der Waals surface area contributed by atoms with Gasteiger partial charge >= 0.3 is 0 Å². The van der Waals surface area contributed by atoms with Crippen molar-refractivity contribution in [3.8, 4) is 0 Å². The van der Waals surface area contributed by atoms with E-state index >= 15 is 0 Å². The van der Waals surface area contributed by atoms with Gasteiger partial charge in [-0.05, 0) is 50.2 Å². The molecule has 0 heterocycles. The van der Waals surface area contributed by atoms with Crippen molar-refractivity contribution in [1.29, 1.82) is 0 Å². The summed E-state index contributed by atoms with van der Waals surface area (Å²) in [6, 6.07) is 0. The standard InChI is InChI=1S/C15H32N2/c1-14(2,3)13-17(4)11-10-15(12-16)8-6-5-7-9-15/h5-13,16H2,1-4H3. The first-order valence-corrected chi connectivity index (χ1v) is 7.26. The molecule has 0 saturated heterocycles. The fourth-order valence-corrected chi connectivity index (χ4v) is 3.17. The van der Waals surface area contributed by atoms with Crippen molar-refractivity contribution in [3.63, 3.8) is 0 Å². The molecule has 17 heavy (non-hydrogen) atoms. The molecule has 0 aromatic rings. The number of nitrogens with zero attached hydrogens (tertiary/aromatic N) is 1. The molecule has 0 spiro atoms. The van der Waals surface area contributed by atoms with Gasteiger partial charge in [-0.25, -0.2) is 0 Å². The molecule has 0 unspecified atom stereocenters. The van der Waals surface area contributed by atoms with Crippen LogP contribution in [0.15, 0.2) is 0 Å². The van der Waals surface area contributed by atoms with Gasteiger partial charge in [0.1, 0.15) is 0 Å². The smallest absolute Gasteiger partial charge is 0.00270 e. The van der Waals surface area contributed by atoms with E-state index in [0.717, 1.165) is 6.54 Å². The first kappa shape index (κ1) is 15.0. The molecule has 1 aliphatic rings. The Bertz CT molecular complexity index is 211. The largest absolute Gasteiger partial charge is 0.330 e. The number of nitrogens with two attached hydrogens (primary N) is 1. The Morgan fingerprint density at radius 3 is 2.18 bits per heavy atom. The van der Waals surface area contributed by atoms with Crippen LogP contribution in [0.2, 0.25) is 0 Å². The fourth-order valence-electron chi connectivity index (χ4n) is 3.17. The van der Waals surface area contributed by atoms with Gasteiger partial charge in [0.2, 0.25) is 0 Å². The monoisotopic (exact) mass is 240 g/mol. The van der Waals surface area contributed by atoms with Crippen LogP contribution in [0.4, 0.5) is 0 Å². The highest BCUT2D eigenvalue weighted by Gasteiger charge is 2.30. The maximum atomic E-state index is 6.03. The SMILES string of the molecule is CN(CCC1(CN)CCCCC1)CC(C)(C)C. The van der Waals surface area contributed by atoms with Crippen LogP contribution in [0.3, 0.4) is 0 Å². The minimum atomic E-state index is 0.400. The van der Waals surface area contributed by atoms with E-state index in [-0.39, 0.29) is 0 Å². The van der Waals surface area contributed by atoms with Crippen molar-refractivity contribution >= 4 is 0 Å². The molecular formula is C15H32N2. The average Bonchev–Trinajstić information content (AvgIpc) is 2.25. The number of rotatable bonds is 5. The van der Waals surface area contributed by atoms with Crippen LogP contribution < -0.4 is 5.73 Å². The summed E-state index contributed by atoms with van der Waals surface area (Å²) in [5.74, 6) is 0. The van der Waals surface area contributed by atoms with E-state index in [1.807, 2.05) is 0 Å². The van der Waals surface area contributed by atoms with Crippen LogP contribution in [0, 0.1) is 10.8 Å². The molecule has 1 fully saturated rings.